The van der Waals surface area contributed by atoms with Gasteiger partial charge in [0.1, 0.15) is 6.10 Å². The van der Waals surface area contributed by atoms with Gasteiger partial charge in [-0.25, -0.2) is 9.66 Å². The number of benzene rings is 1. The van der Waals surface area contributed by atoms with Crippen molar-refractivity contribution in [2.45, 2.75) is 23.9 Å². The van der Waals surface area contributed by atoms with Crippen molar-refractivity contribution >= 4 is 11.8 Å². The molecule has 0 radical (unpaired) electrons. The Labute approximate surface area is 137 Å². The molecular formula is C15H17N5O2S. The van der Waals surface area contributed by atoms with Crippen molar-refractivity contribution < 1.29 is 9.26 Å². The molecule has 2 aromatic heterocycles. The molecule has 120 valence electrons. The molecule has 0 fully saturated rings. The summed E-state index contributed by atoms with van der Waals surface area (Å²) in [6.45, 7) is 1.86. The van der Waals surface area contributed by atoms with Gasteiger partial charge in [0.05, 0.1) is 17.6 Å². The first-order valence-electron chi connectivity index (χ1n) is 7.05. The van der Waals surface area contributed by atoms with Gasteiger partial charge in [0, 0.05) is 12.7 Å². The van der Waals surface area contributed by atoms with E-state index in [0.717, 1.165) is 11.3 Å². The van der Waals surface area contributed by atoms with Crippen LogP contribution in [0.3, 0.4) is 0 Å². The Kier molecular flexibility index (Phi) is 4.63. The first-order chi connectivity index (χ1) is 11.2. The van der Waals surface area contributed by atoms with E-state index in [4.69, 9.17) is 15.1 Å². The molecule has 0 bridgehead atoms. The molecule has 1 aromatic carbocycles. The van der Waals surface area contributed by atoms with Crippen LogP contribution in [0.1, 0.15) is 24.7 Å². The Morgan fingerprint density at radius 1 is 1.30 bits per heavy atom. The van der Waals surface area contributed by atoms with Gasteiger partial charge in [-0.1, -0.05) is 47.3 Å². The molecule has 0 aliphatic heterocycles. The monoisotopic (exact) mass is 331 g/mol. The molecule has 3 aromatic rings. The lowest BCUT2D eigenvalue weighted by molar-refractivity contribution is 0.109. The zero-order valence-electron chi connectivity index (χ0n) is 12.8. The fourth-order valence-electron chi connectivity index (χ4n) is 1.95. The van der Waals surface area contributed by atoms with Gasteiger partial charge in [0.25, 0.3) is 0 Å². The maximum absolute atomic E-state index is 5.96. The van der Waals surface area contributed by atoms with Crippen molar-refractivity contribution in [2.24, 2.45) is 0 Å². The molecular weight excluding hydrogens is 314 g/mol. The molecule has 2 N–H and O–H groups in total. The summed E-state index contributed by atoms with van der Waals surface area (Å²) in [5.41, 5.74) is 1.85. The average molecular weight is 331 g/mol. The van der Waals surface area contributed by atoms with E-state index >= 15 is 0 Å². The second-order valence-electron chi connectivity index (χ2n) is 4.89. The van der Waals surface area contributed by atoms with Crippen molar-refractivity contribution in [3.05, 3.63) is 48.2 Å². The number of hydrogen-bond donors (Lipinski definition) is 1. The van der Waals surface area contributed by atoms with Gasteiger partial charge in [0.2, 0.25) is 5.89 Å². The minimum atomic E-state index is -0.196. The summed E-state index contributed by atoms with van der Waals surface area (Å²) in [5.74, 6) is 7.50. The van der Waals surface area contributed by atoms with E-state index in [1.165, 1.54) is 16.4 Å². The van der Waals surface area contributed by atoms with Gasteiger partial charge in [-0.15, -0.1) is 0 Å². The summed E-state index contributed by atoms with van der Waals surface area (Å²) in [7, 11) is 1.60. The quantitative estimate of drug-likeness (QED) is 0.548. The Morgan fingerprint density at radius 2 is 2.09 bits per heavy atom. The molecule has 23 heavy (non-hydrogen) atoms. The fourth-order valence-corrected chi connectivity index (χ4v) is 2.69. The van der Waals surface area contributed by atoms with Crippen LogP contribution in [0.25, 0.3) is 11.3 Å². The summed E-state index contributed by atoms with van der Waals surface area (Å²) >= 11 is 1.44. The molecule has 8 heteroatoms. The standard InChI is InChI=1S/C15H17N5O2S/c1-10(21-2)14-18-13(22-19-14)9-23-15-17-12(8-20(15)16)11-6-4-3-5-7-11/h3-8,10H,9,16H2,1-2H3. The smallest absolute Gasteiger partial charge is 0.237 e. The Morgan fingerprint density at radius 3 is 2.83 bits per heavy atom. The summed E-state index contributed by atoms with van der Waals surface area (Å²) in [6.07, 6.45) is 1.60. The van der Waals surface area contributed by atoms with E-state index < -0.39 is 0 Å². The zero-order chi connectivity index (χ0) is 16.2. The number of imidazole rings is 1. The first kappa shape index (κ1) is 15.6. The van der Waals surface area contributed by atoms with Crippen LogP contribution in [0.2, 0.25) is 0 Å². The molecule has 0 aliphatic rings. The van der Waals surface area contributed by atoms with Crippen LogP contribution < -0.4 is 5.84 Å². The number of nitrogens with two attached hydrogens (primary N) is 1. The lowest BCUT2D eigenvalue weighted by atomic mass is 10.2. The minimum absolute atomic E-state index is 0.196. The third-order valence-corrected chi connectivity index (χ3v) is 4.25. The number of nitrogen functional groups attached to an aromatic ring is 1. The first-order valence-corrected chi connectivity index (χ1v) is 8.04. The molecule has 0 aliphatic carbocycles. The predicted molar refractivity (Wildman–Crippen MR) is 87.1 cm³/mol. The van der Waals surface area contributed by atoms with E-state index in [2.05, 4.69) is 15.1 Å². The second-order valence-corrected chi connectivity index (χ2v) is 5.84. The second kappa shape index (κ2) is 6.84. The van der Waals surface area contributed by atoms with Gasteiger partial charge in [-0.3, -0.25) is 0 Å². The molecule has 0 amide bonds. The van der Waals surface area contributed by atoms with Crippen molar-refractivity contribution in [2.75, 3.05) is 13.0 Å². The molecule has 2 heterocycles. The van der Waals surface area contributed by atoms with Crippen LogP contribution in [-0.2, 0) is 10.5 Å². The number of rotatable bonds is 6. The molecule has 7 nitrogen and oxygen atoms in total. The van der Waals surface area contributed by atoms with E-state index in [1.54, 1.807) is 13.3 Å². The maximum Gasteiger partial charge on any atom is 0.237 e. The summed E-state index contributed by atoms with van der Waals surface area (Å²) in [5, 5.41) is 4.58. The lowest BCUT2D eigenvalue weighted by Gasteiger charge is -2.01. The van der Waals surface area contributed by atoms with Crippen LogP contribution in [0, 0.1) is 0 Å². The van der Waals surface area contributed by atoms with Gasteiger partial charge < -0.3 is 15.1 Å². The van der Waals surface area contributed by atoms with E-state index in [9.17, 15) is 0 Å². The number of methoxy groups -OCH3 is 1. The Balaban J connectivity index is 1.69. The van der Waals surface area contributed by atoms with Crippen molar-refractivity contribution in [3.63, 3.8) is 0 Å². The summed E-state index contributed by atoms with van der Waals surface area (Å²) < 4.78 is 11.9. The average Bonchev–Trinajstić information content (AvgIpc) is 3.20. The number of nitrogens with zero attached hydrogens (tertiary/aromatic N) is 4. The highest BCUT2D eigenvalue weighted by atomic mass is 32.2. The van der Waals surface area contributed by atoms with Gasteiger partial charge in [-0.2, -0.15) is 4.98 Å². The normalized spacial score (nSPS) is 12.4. The van der Waals surface area contributed by atoms with Crippen LogP contribution >= 0.6 is 11.8 Å². The Bertz CT molecular complexity index is 771. The predicted octanol–water partition coefficient (Wildman–Crippen LogP) is 2.65. The molecule has 0 saturated carbocycles. The topological polar surface area (TPSA) is 92.0 Å². The highest BCUT2D eigenvalue weighted by molar-refractivity contribution is 7.98. The third kappa shape index (κ3) is 3.54. The fraction of sp³-hybridized carbons (Fsp3) is 0.267. The Hall–Kier alpha value is -2.32. The van der Waals surface area contributed by atoms with E-state index in [-0.39, 0.29) is 6.10 Å². The molecule has 1 unspecified atom stereocenters. The molecule has 0 spiro atoms. The van der Waals surface area contributed by atoms with Crippen LogP contribution in [0.15, 0.2) is 46.2 Å². The molecule has 1 atom stereocenters. The number of aromatic nitrogens is 4. The summed E-state index contributed by atoms with van der Waals surface area (Å²) in [4.78, 5) is 8.83. The third-order valence-electron chi connectivity index (χ3n) is 3.29. The largest absolute Gasteiger partial charge is 0.374 e. The van der Waals surface area contributed by atoms with Crippen LogP contribution in [0.4, 0.5) is 0 Å². The highest BCUT2D eigenvalue weighted by Crippen LogP contribution is 2.25. The number of hydrogen-bond acceptors (Lipinski definition) is 7. The van der Waals surface area contributed by atoms with Gasteiger partial charge >= 0.3 is 0 Å². The van der Waals surface area contributed by atoms with Crippen molar-refractivity contribution in [1.82, 2.24) is 19.8 Å². The van der Waals surface area contributed by atoms with E-state index in [1.807, 2.05) is 37.3 Å². The maximum atomic E-state index is 5.96. The van der Waals surface area contributed by atoms with E-state index in [0.29, 0.717) is 22.6 Å². The van der Waals surface area contributed by atoms with Crippen LogP contribution in [-0.4, -0.2) is 26.9 Å². The minimum Gasteiger partial charge on any atom is -0.374 e. The van der Waals surface area contributed by atoms with Crippen molar-refractivity contribution in [3.8, 4) is 11.3 Å². The molecule has 0 saturated heterocycles. The summed E-state index contributed by atoms with van der Waals surface area (Å²) in [6, 6.07) is 9.89. The molecule has 3 rings (SSSR count). The van der Waals surface area contributed by atoms with Gasteiger partial charge in [-0.05, 0) is 6.92 Å². The SMILES string of the molecule is COC(C)c1noc(CSc2nc(-c3ccccc3)cn2N)n1. The van der Waals surface area contributed by atoms with Gasteiger partial charge in [0.15, 0.2) is 11.0 Å². The highest BCUT2D eigenvalue weighted by Gasteiger charge is 2.15. The van der Waals surface area contributed by atoms with Crippen molar-refractivity contribution in [1.29, 1.82) is 0 Å². The zero-order valence-corrected chi connectivity index (χ0v) is 13.7. The number of thioether (sulfide) groups is 1. The lowest BCUT2D eigenvalue weighted by Crippen LogP contribution is -2.07. The number of ether oxygens (including phenoxy) is 1. The van der Waals surface area contributed by atoms with Crippen LogP contribution in [0.5, 0.6) is 0 Å².